The molecule has 3 aromatic rings. The molecule has 166 valence electrons. The van der Waals surface area contributed by atoms with Gasteiger partial charge in [-0.15, -0.1) is 11.3 Å². The third kappa shape index (κ3) is 5.07. The number of hydrogen-bond donors (Lipinski definition) is 1. The number of carbonyl (C=O) groups excluding carboxylic acids is 2. The average Bonchev–Trinajstić information content (AvgIpc) is 3.48. The fraction of sp³-hybridized carbons (Fsp3) is 0.346. The van der Waals surface area contributed by atoms with Crippen molar-refractivity contribution in [1.29, 1.82) is 0 Å². The first-order valence-corrected chi connectivity index (χ1v) is 12.0. The van der Waals surface area contributed by atoms with Crippen LogP contribution in [0.1, 0.15) is 53.3 Å². The van der Waals surface area contributed by atoms with Gasteiger partial charge in [0.25, 0.3) is 0 Å². The van der Waals surface area contributed by atoms with E-state index >= 15 is 0 Å². The van der Waals surface area contributed by atoms with E-state index in [1.807, 2.05) is 61.7 Å². The Morgan fingerprint density at radius 2 is 1.88 bits per heavy atom. The van der Waals surface area contributed by atoms with Gasteiger partial charge in [0.2, 0.25) is 11.8 Å². The summed E-state index contributed by atoms with van der Waals surface area (Å²) in [5, 5.41) is 5.20. The predicted octanol–water partition coefficient (Wildman–Crippen LogP) is 5.14. The van der Waals surface area contributed by atoms with Crippen molar-refractivity contribution in [2.45, 2.75) is 58.0 Å². The van der Waals surface area contributed by atoms with Crippen molar-refractivity contribution in [2.75, 3.05) is 4.90 Å². The smallest absolute Gasteiger partial charge is 0.248 e. The van der Waals surface area contributed by atoms with Gasteiger partial charge in [-0.25, -0.2) is 0 Å². The molecule has 1 fully saturated rings. The second-order valence-corrected chi connectivity index (χ2v) is 9.52. The summed E-state index contributed by atoms with van der Waals surface area (Å²) in [7, 11) is 0. The highest BCUT2D eigenvalue weighted by molar-refractivity contribution is 7.10. The second kappa shape index (κ2) is 10.1. The zero-order valence-electron chi connectivity index (χ0n) is 18.6. The summed E-state index contributed by atoms with van der Waals surface area (Å²) < 4.78 is 0. The number of aromatic nitrogens is 1. The van der Waals surface area contributed by atoms with Gasteiger partial charge in [-0.2, -0.15) is 0 Å². The van der Waals surface area contributed by atoms with E-state index in [1.165, 1.54) is 0 Å². The maximum atomic E-state index is 13.8. The van der Waals surface area contributed by atoms with E-state index < -0.39 is 6.04 Å². The largest absolute Gasteiger partial charge is 0.351 e. The number of pyridine rings is 1. The predicted molar refractivity (Wildman–Crippen MR) is 129 cm³/mol. The summed E-state index contributed by atoms with van der Waals surface area (Å²) in [6.07, 6.45) is 7.84. The van der Waals surface area contributed by atoms with Crippen molar-refractivity contribution in [1.82, 2.24) is 10.3 Å². The van der Waals surface area contributed by atoms with Crippen LogP contribution in [0.5, 0.6) is 0 Å². The molecule has 32 heavy (non-hydrogen) atoms. The van der Waals surface area contributed by atoms with Crippen LogP contribution in [0.2, 0.25) is 0 Å². The monoisotopic (exact) mass is 447 g/mol. The van der Waals surface area contributed by atoms with Crippen molar-refractivity contribution in [3.8, 4) is 0 Å². The average molecular weight is 448 g/mol. The van der Waals surface area contributed by atoms with Crippen LogP contribution < -0.4 is 10.2 Å². The van der Waals surface area contributed by atoms with E-state index in [0.717, 1.165) is 52.9 Å². The maximum absolute atomic E-state index is 13.8. The minimum atomic E-state index is -0.758. The van der Waals surface area contributed by atoms with Crippen molar-refractivity contribution >= 4 is 28.8 Å². The Bertz CT molecular complexity index is 1060. The SMILES string of the molecule is Cc1ccc(C)c(N(C(=O)Cc2cccs2)[C@@H](C(=O)NC2CCCC2)c2ccncc2)c1. The zero-order valence-corrected chi connectivity index (χ0v) is 19.4. The van der Waals surface area contributed by atoms with Gasteiger partial charge in [-0.05, 0) is 73.0 Å². The third-order valence-corrected chi connectivity index (χ3v) is 6.90. The summed E-state index contributed by atoms with van der Waals surface area (Å²) in [5.41, 5.74) is 3.54. The fourth-order valence-corrected chi connectivity index (χ4v) is 5.05. The quantitative estimate of drug-likeness (QED) is 0.546. The number of aryl methyl sites for hydroxylation is 2. The molecule has 1 aliphatic rings. The molecule has 0 aliphatic heterocycles. The molecule has 4 rings (SSSR count). The first-order chi connectivity index (χ1) is 15.5. The van der Waals surface area contributed by atoms with Gasteiger partial charge in [-0.1, -0.05) is 31.0 Å². The first-order valence-electron chi connectivity index (χ1n) is 11.1. The molecule has 0 radical (unpaired) electrons. The number of amides is 2. The van der Waals surface area contributed by atoms with Crippen LogP contribution in [0.3, 0.4) is 0 Å². The molecule has 1 aliphatic carbocycles. The number of carbonyl (C=O) groups is 2. The van der Waals surface area contributed by atoms with Crippen molar-refractivity contribution in [3.63, 3.8) is 0 Å². The lowest BCUT2D eigenvalue weighted by atomic mass is 10.0. The van der Waals surface area contributed by atoms with E-state index in [9.17, 15) is 9.59 Å². The van der Waals surface area contributed by atoms with Crippen molar-refractivity contribution in [3.05, 3.63) is 81.8 Å². The normalized spacial score (nSPS) is 14.8. The molecular formula is C26H29N3O2S. The summed E-state index contributed by atoms with van der Waals surface area (Å²) in [6, 6.07) is 13.0. The highest BCUT2D eigenvalue weighted by atomic mass is 32.1. The summed E-state index contributed by atoms with van der Waals surface area (Å²) in [4.78, 5) is 34.3. The number of rotatable bonds is 7. The van der Waals surface area contributed by atoms with E-state index in [0.29, 0.717) is 0 Å². The van der Waals surface area contributed by atoms with E-state index in [2.05, 4.69) is 10.3 Å². The number of benzene rings is 1. The van der Waals surface area contributed by atoms with Crippen LogP contribution in [0.4, 0.5) is 5.69 Å². The molecule has 2 aromatic heterocycles. The van der Waals surface area contributed by atoms with Crippen LogP contribution in [0.25, 0.3) is 0 Å². The maximum Gasteiger partial charge on any atom is 0.248 e. The van der Waals surface area contributed by atoms with Gasteiger partial charge in [-0.3, -0.25) is 19.5 Å². The molecule has 0 bridgehead atoms. The Morgan fingerprint density at radius 3 is 2.56 bits per heavy atom. The molecular weight excluding hydrogens is 418 g/mol. The van der Waals surface area contributed by atoms with Gasteiger partial charge >= 0.3 is 0 Å². The minimum Gasteiger partial charge on any atom is -0.351 e. The topological polar surface area (TPSA) is 62.3 Å². The van der Waals surface area contributed by atoms with E-state index in [-0.39, 0.29) is 24.3 Å². The molecule has 1 N–H and O–H groups in total. The summed E-state index contributed by atoms with van der Waals surface area (Å²) in [5.74, 6) is -0.229. The van der Waals surface area contributed by atoms with Gasteiger partial charge in [0.05, 0.1) is 6.42 Å². The van der Waals surface area contributed by atoms with Gasteiger partial charge < -0.3 is 5.32 Å². The Kier molecular flexibility index (Phi) is 7.00. The highest BCUT2D eigenvalue weighted by Crippen LogP contribution is 2.33. The summed E-state index contributed by atoms with van der Waals surface area (Å²) in [6.45, 7) is 3.99. The molecule has 6 heteroatoms. The van der Waals surface area contributed by atoms with Gasteiger partial charge in [0.1, 0.15) is 6.04 Å². The van der Waals surface area contributed by atoms with Crippen molar-refractivity contribution < 1.29 is 9.59 Å². The van der Waals surface area contributed by atoms with E-state index in [1.54, 1.807) is 28.6 Å². The first kappa shape index (κ1) is 22.2. The number of hydrogen-bond acceptors (Lipinski definition) is 4. The summed E-state index contributed by atoms with van der Waals surface area (Å²) >= 11 is 1.56. The molecule has 1 aromatic carbocycles. The molecule has 1 atom stereocenters. The minimum absolute atomic E-state index is 0.0930. The lowest BCUT2D eigenvalue weighted by Gasteiger charge is -2.33. The van der Waals surface area contributed by atoms with Crippen molar-refractivity contribution in [2.24, 2.45) is 0 Å². The molecule has 2 heterocycles. The van der Waals surface area contributed by atoms with Crippen LogP contribution in [0, 0.1) is 13.8 Å². The van der Waals surface area contributed by atoms with Crippen LogP contribution in [-0.4, -0.2) is 22.8 Å². The Hall–Kier alpha value is -2.99. The molecule has 0 spiro atoms. The van der Waals surface area contributed by atoms with Crippen LogP contribution in [-0.2, 0) is 16.0 Å². The van der Waals surface area contributed by atoms with Gasteiger partial charge in [0.15, 0.2) is 0 Å². The lowest BCUT2D eigenvalue weighted by molar-refractivity contribution is -0.127. The third-order valence-electron chi connectivity index (χ3n) is 6.03. The number of nitrogens with zero attached hydrogens (tertiary/aromatic N) is 2. The highest BCUT2D eigenvalue weighted by Gasteiger charge is 2.35. The van der Waals surface area contributed by atoms with Gasteiger partial charge in [0, 0.05) is 29.0 Å². The van der Waals surface area contributed by atoms with E-state index in [4.69, 9.17) is 0 Å². The molecule has 0 saturated heterocycles. The molecule has 1 saturated carbocycles. The Labute approximate surface area is 193 Å². The Morgan fingerprint density at radius 1 is 1.12 bits per heavy atom. The van der Waals surface area contributed by atoms with Crippen LogP contribution >= 0.6 is 11.3 Å². The zero-order chi connectivity index (χ0) is 22.5. The number of nitrogens with one attached hydrogen (secondary N) is 1. The van der Waals surface area contributed by atoms with Crippen LogP contribution in [0.15, 0.2) is 60.2 Å². The molecule has 2 amide bonds. The molecule has 0 unspecified atom stereocenters. The number of thiophene rings is 1. The fourth-order valence-electron chi connectivity index (χ4n) is 4.36. The lowest BCUT2D eigenvalue weighted by Crippen LogP contribution is -2.47. The number of anilines is 1. The second-order valence-electron chi connectivity index (χ2n) is 8.48. The standard InChI is InChI=1S/C26H29N3O2S/c1-18-9-10-19(2)23(16-18)29(24(30)17-22-8-5-15-32-22)25(20-11-13-27-14-12-20)26(31)28-21-6-3-4-7-21/h5,8-16,21,25H,3-4,6-7,17H2,1-2H3,(H,28,31)/t25-/m1/s1. The Balaban J connectivity index is 1.78. The molecule has 5 nitrogen and oxygen atoms in total.